The summed E-state index contributed by atoms with van der Waals surface area (Å²) in [5.74, 6) is 0. The van der Waals surface area contributed by atoms with Crippen LogP contribution in [0.1, 0.15) is 37.3 Å². The Bertz CT molecular complexity index is 585. The summed E-state index contributed by atoms with van der Waals surface area (Å²) in [5, 5.41) is 11.9. The Hall–Kier alpha value is -1.76. The minimum Gasteiger partial charge on any atom is -0.394 e. The van der Waals surface area contributed by atoms with E-state index in [0.29, 0.717) is 5.56 Å². The van der Waals surface area contributed by atoms with Crippen LogP contribution in [0.2, 0.25) is 0 Å². The number of urea groups is 1. The van der Waals surface area contributed by atoms with Gasteiger partial charge in [0.2, 0.25) is 0 Å². The molecule has 2 N–H and O–H groups in total. The second kappa shape index (κ2) is 7.01. The molecule has 1 unspecified atom stereocenters. The Morgan fingerprint density at radius 1 is 1.42 bits per heavy atom. The fraction of sp³-hybridized carbons (Fsp3) is 0.588. The second-order valence-electron chi connectivity index (χ2n) is 6.51. The van der Waals surface area contributed by atoms with E-state index in [1.165, 1.54) is 17.0 Å². The number of nitrogens with zero attached hydrogens (tertiary/aromatic N) is 1. The average Bonchev–Trinajstić information content (AvgIpc) is 2.51. The fourth-order valence-electron chi connectivity index (χ4n) is 2.89. The minimum atomic E-state index is -4.37. The Kier molecular flexibility index (Phi) is 5.42. The first kappa shape index (κ1) is 18.6. The smallest absolute Gasteiger partial charge is 0.394 e. The number of aliphatic hydroxyl groups excluding tert-OH is 1. The van der Waals surface area contributed by atoms with Gasteiger partial charge >= 0.3 is 12.2 Å². The predicted molar refractivity (Wildman–Crippen MR) is 84.7 cm³/mol. The molecule has 1 aromatic carbocycles. The largest absolute Gasteiger partial charge is 0.416 e. The lowest BCUT2D eigenvalue weighted by Gasteiger charge is -2.43. The van der Waals surface area contributed by atoms with Gasteiger partial charge in [-0.1, -0.05) is 24.6 Å². The number of carbonyl (C=O) groups is 1. The highest BCUT2D eigenvalue weighted by molar-refractivity contribution is 5.74. The number of amides is 2. The first-order chi connectivity index (χ1) is 11.2. The summed E-state index contributed by atoms with van der Waals surface area (Å²) in [6, 6.07) is 4.70. The number of likely N-dealkylation sites (N-methyl/N-ethyl adjacent to an activating group) is 1. The molecular formula is C17H23F3N2O2. The van der Waals surface area contributed by atoms with E-state index in [1.54, 1.807) is 20.0 Å². The number of carbonyl (C=O) groups excluding carboxylic acids is 1. The van der Waals surface area contributed by atoms with Crippen LogP contribution in [0.15, 0.2) is 24.3 Å². The van der Waals surface area contributed by atoms with Crippen molar-refractivity contribution in [2.45, 2.75) is 43.8 Å². The molecule has 24 heavy (non-hydrogen) atoms. The van der Waals surface area contributed by atoms with Gasteiger partial charge in [-0.15, -0.1) is 0 Å². The number of benzene rings is 1. The van der Waals surface area contributed by atoms with E-state index in [0.717, 1.165) is 25.3 Å². The number of nitrogens with one attached hydrogen (secondary N) is 1. The summed E-state index contributed by atoms with van der Waals surface area (Å²) in [4.78, 5) is 13.5. The van der Waals surface area contributed by atoms with E-state index in [9.17, 15) is 18.0 Å². The van der Waals surface area contributed by atoms with Crippen LogP contribution in [0.25, 0.3) is 0 Å². The molecular weight excluding hydrogens is 321 g/mol. The summed E-state index contributed by atoms with van der Waals surface area (Å²) >= 11 is 0. The van der Waals surface area contributed by atoms with Gasteiger partial charge in [0.05, 0.1) is 18.2 Å². The molecule has 0 aromatic heterocycles. The van der Waals surface area contributed by atoms with Crippen LogP contribution in [0, 0.1) is 0 Å². The van der Waals surface area contributed by atoms with Gasteiger partial charge < -0.3 is 15.3 Å². The average molecular weight is 344 g/mol. The lowest BCUT2D eigenvalue weighted by Crippen LogP contribution is -2.50. The van der Waals surface area contributed by atoms with Crippen molar-refractivity contribution < 1.29 is 23.1 Å². The number of halogens is 3. The molecule has 0 bridgehead atoms. The molecule has 2 amide bonds. The molecule has 1 aliphatic rings. The van der Waals surface area contributed by atoms with E-state index in [4.69, 9.17) is 5.11 Å². The van der Waals surface area contributed by atoms with Gasteiger partial charge in [-0.2, -0.15) is 13.2 Å². The topological polar surface area (TPSA) is 52.6 Å². The molecule has 1 aliphatic carbocycles. The van der Waals surface area contributed by atoms with Crippen molar-refractivity contribution in [2.24, 2.45) is 0 Å². The Morgan fingerprint density at radius 2 is 2.08 bits per heavy atom. The normalized spacial score (nSPS) is 17.8. The number of hydrogen-bond donors (Lipinski definition) is 2. The highest BCUT2D eigenvalue weighted by atomic mass is 19.4. The van der Waals surface area contributed by atoms with Crippen molar-refractivity contribution in [2.75, 3.05) is 20.2 Å². The molecule has 4 nitrogen and oxygen atoms in total. The third-order valence-corrected chi connectivity index (χ3v) is 4.94. The summed E-state index contributed by atoms with van der Waals surface area (Å²) in [6.07, 6.45) is -1.96. The van der Waals surface area contributed by atoms with Crippen molar-refractivity contribution >= 4 is 6.03 Å². The van der Waals surface area contributed by atoms with Crippen molar-refractivity contribution in [3.8, 4) is 0 Å². The summed E-state index contributed by atoms with van der Waals surface area (Å²) in [7, 11) is 1.58. The maximum absolute atomic E-state index is 12.9. The third kappa shape index (κ3) is 3.83. The molecule has 0 heterocycles. The third-order valence-electron chi connectivity index (χ3n) is 4.94. The highest BCUT2D eigenvalue weighted by Crippen LogP contribution is 2.44. The quantitative estimate of drug-likeness (QED) is 0.862. The molecule has 2 rings (SSSR count). The van der Waals surface area contributed by atoms with Crippen LogP contribution in [0.4, 0.5) is 18.0 Å². The lowest BCUT2D eigenvalue weighted by atomic mass is 9.64. The molecule has 0 saturated heterocycles. The summed E-state index contributed by atoms with van der Waals surface area (Å²) < 4.78 is 38.8. The van der Waals surface area contributed by atoms with Gasteiger partial charge in [0.25, 0.3) is 0 Å². The minimum absolute atomic E-state index is 0.150. The Labute approximate surface area is 139 Å². The zero-order valence-corrected chi connectivity index (χ0v) is 13.9. The van der Waals surface area contributed by atoms with Crippen LogP contribution in [0.5, 0.6) is 0 Å². The van der Waals surface area contributed by atoms with E-state index in [2.05, 4.69) is 5.32 Å². The number of rotatable bonds is 5. The highest BCUT2D eigenvalue weighted by Gasteiger charge is 2.40. The Morgan fingerprint density at radius 3 is 2.58 bits per heavy atom. The maximum Gasteiger partial charge on any atom is 0.416 e. The van der Waals surface area contributed by atoms with Gasteiger partial charge in [0.1, 0.15) is 0 Å². The van der Waals surface area contributed by atoms with E-state index < -0.39 is 17.2 Å². The van der Waals surface area contributed by atoms with Crippen LogP contribution >= 0.6 is 0 Å². The van der Waals surface area contributed by atoms with Gasteiger partial charge in [-0.05, 0) is 31.4 Å². The molecule has 1 atom stereocenters. The zero-order chi connectivity index (χ0) is 18.0. The standard InChI is InChI=1S/C17H23F3N2O2/c1-12(10-23)22(2)15(24)21-11-16(7-4-8-16)13-5-3-6-14(9-13)17(18,19)20/h3,5-6,9,12,23H,4,7-8,10-11H2,1-2H3,(H,21,24). The SMILES string of the molecule is CC(CO)N(C)C(=O)NCC1(c2cccc(C(F)(F)F)c2)CCC1. The number of aliphatic hydroxyl groups is 1. The van der Waals surface area contributed by atoms with E-state index in [-0.39, 0.29) is 25.2 Å². The number of hydrogen-bond acceptors (Lipinski definition) is 2. The Balaban J connectivity index is 2.11. The predicted octanol–water partition coefficient (Wildman–Crippen LogP) is 3.15. The van der Waals surface area contributed by atoms with Gasteiger partial charge in [-0.3, -0.25) is 0 Å². The van der Waals surface area contributed by atoms with Gasteiger partial charge in [0, 0.05) is 19.0 Å². The van der Waals surface area contributed by atoms with E-state index >= 15 is 0 Å². The molecule has 7 heteroatoms. The fourth-order valence-corrected chi connectivity index (χ4v) is 2.89. The van der Waals surface area contributed by atoms with Crippen LogP contribution < -0.4 is 5.32 Å². The molecule has 1 fully saturated rings. The molecule has 0 spiro atoms. The van der Waals surface area contributed by atoms with Crippen molar-refractivity contribution in [1.29, 1.82) is 0 Å². The maximum atomic E-state index is 12.9. The first-order valence-electron chi connectivity index (χ1n) is 7.99. The van der Waals surface area contributed by atoms with Crippen molar-refractivity contribution in [3.05, 3.63) is 35.4 Å². The lowest BCUT2D eigenvalue weighted by molar-refractivity contribution is -0.137. The van der Waals surface area contributed by atoms with Crippen LogP contribution in [-0.4, -0.2) is 42.3 Å². The zero-order valence-electron chi connectivity index (χ0n) is 13.9. The van der Waals surface area contributed by atoms with Gasteiger partial charge in [0.15, 0.2) is 0 Å². The molecule has 1 saturated carbocycles. The molecule has 134 valence electrons. The van der Waals surface area contributed by atoms with E-state index in [1.807, 2.05) is 0 Å². The molecule has 1 aromatic rings. The molecule has 0 aliphatic heterocycles. The number of alkyl halides is 3. The van der Waals surface area contributed by atoms with Gasteiger partial charge in [-0.25, -0.2) is 4.79 Å². The van der Waals surface area contributed by atoms with Crippen molar-refractivity contribution in [1.82, 2.24) is 10.2 Å². The summed E-state index contributed by atoms with van der Waals surface area (Å²) in [5.41, 5.74) is -0.495. The van der Waals surface area contributed by atoms with Crippen molar-refractivity contribution in [3.63, 3.8) is 0 Å². The monoisotopic (exact) mass is 344 g/mol. The molecule has 0 radical (unpaired) electrons. The van der Waals surface area contributed by atoms with Crippen LogP contribution in [-0.2, 0) is 11.6 Å². The first-order valence-corrected chi connectivity index (χ1v) is 7.99. The summed E-state index contributed by atoms with van der Waals surface area (Å²) in [6.45, 7) is 1.85. The second-order valence-corrected chi connectivity index (χ2v) is 6.51. The van der Waals surface area contributed by atoms with Crippen LogP contribution in [0.3, 0.4) is 0 Å².